The molecule has 2 aromatic rings. The molecule has 1 aliphatic carbocycles. The maximum Gasteiger partial charge on any atom is 0.251 e. The van der Waals surface area contributed by atoms with Crippen LogP contribution in [0.3, 0.4) is 0 Å². The van der Waals surface area contributed by atoms with Crippen molar-refractivity contribution >= 4 is 29.3 Å². The van der Waals surface area contributed by atoms with E-state index in [0.717, 1.165) is 37.8 Å². The van der Waals surface area contributed by atoms with Crippen molar-refractivity contribution in [1.29, 1.82) is 0 Å². The summed E-state index contributed by atoms with van der Waals surface area (Å²) in [6, 6.07) is 3.33. The Labute approximate surface area is 167 Å². The summed E-state index contributed by atoms with van der Waals surface area (Å²) in [6.45, 7) is 0. The van der Waals surface area contributed by atoms with Gasteiger partial charge in [0.05, 0.1) is 6.20 Å². The topological polar surface area (TPSA) is 70.2 Å². The molecule has 1 heterocycles. The van der Waals surface area contributed by atoms with E-state index in [-0.39, 0.29) is 17.6 Å². The maximum atomic E-state index is 13.3. The van der Waals surface area contributed by atoms with E-state index in [1.165, 1.54) is 6.07 Å². The Kier molecular flexibility index (Phi) is 6.28. The van der Waals surface area contributed by atoms with Crippen molar-refractivity contribution in [2.24, 2.45) is 0 Å². The van der Waals surface area contributed by atoms with Crippen molar-refractivity contribution in [2.75, 3.05) is 24.3 Å². The minimum absolute atomic E-state index is 0.0119. The lowest BCUT2D eigenvalue weighted by Crippen LogP contribution is -2.40. The lowest BCUT2D eigenvalue weighted by molar-refractivity contribution is 0.0926. The first-order valence-corrected chi connectivity index (χ1v) is 9.43. The Hall–Kier alpha value is -2.48. The molecule has 0 unspecified atom stereocenters. The fourth-order valence-electron chi connectivity index (χ4n) is 3.21. The number of halogens is 3. The monoisotopic (exact) mass is 409 g/mol. The summed E-state index contributed by atoms with van der Waals surface area (Å²) in [6.07, 6.45) is 4.75. The van der Waals surface area contributed by atoms with Gasteiger partial charge in [0.15, 0.2) is 17.5 Å². The van der Waals surface area contributed by atoms with Gasteiger partial charge >= 0.3 is 0 Å². The van der Waals surface area contributed by atoms with Gasteiger partial charge < -0.3 is 15.5 Å². The first kappa shape index (κ1) is 20.3. The summed E-state index contributed by atoms with van der Waals surface area (Å²) in [4.78, 5) is 22.7. The molecule has 1 fully saturated rings. The van der Waals surface area contributed by atoms with Crippen molar-refractivity contribution in [2.45, 2.75) is 37.8 Å². The molecular weight excluding hydrogens is 388 g/mol. The van der Waals surface area contributed by atoms with Crippen LogP contribution in [0, 0.1) is 11.6 Å². The zero-order valence-electron chi connectivity index (χ0n) is 15.7. The molecule has 0 spiro atoms. The van der Waals surface area contributed by atoms with Crippen molar-refractivity contribution < 1.29 is 13.6 Å². The van der Waals surface area contributed by atoms with Gasteiger partial charge in [-0.15, -0.1) is 0 Å². The van der Waals surface area contributed by atoms with E-state index < -0.39 is 17.5 Å². The summed E-state index contributed by atoms with van der Waals surface area (Å²) in [5.41, 5.74) is 0.116. The molecule has 0 bridgehead atoms. The number of rotatable bonds is 5. The largest absolute Gasteiger partial charge is 0.361 e. The highest BCUT2D eigenvalue weighted by atomic mass is 35.5. The number of nitrogens with one attached hydrogen (secondary N) is 2. The van der Waals surface area contributed by atoms with Crippen molar-refractivity contribution in [1.82, 2.24) is 15.3 Å². The summed E-state index contributed by atoms with van der Waals surface area (Å²) in [7, 11) is 3.72. The Morgan fingerprint density at radius 2 is 1.82 bits per heavy atom. The summed E-state index contributed by atoms with van der Waals surface area (Å²) >= 11 is 6.09. The molecule has 2 N–H and O–H groups in total. The van der Waals surface area contributed by atoms with Gasteiger partial charge in [-0.05, 0) is 43.9 Å². The number of aromatic nitrogens is 2. The van der Waals surface area contributed by atoms with Gasteiger partial charge in [-0.3, -0.25) is 4.79 Å². The number of hydrogen-bond donors (Lipinski definition) is 2. The second-order valence-electron chi connectivity index (χ2n) is 7.05. The first-order chi connectivity index (χ1) is 13.3. The van der Waals surface area contributed by atoms with Crippen LogP contribution in [0.4, 0.5) is 20.5 Å². The van der Waals surface area contributed by atoms with E-state index >= 15 is 0 Å². The fraction of sp³-hybridized carbons (Fsp3) is 0.421. The molecule has 1 saturated carbocycles. The maximum absolute atomic E-state index is 13.3. The molecule has 150 valence electrons. The third-order valence-corrected chi connectivity index (χ3v) is 4.99. The van der Waals surface area contributed by atoms with Crippen LogP contribution >= 0.6 is 11.6 Å². The molecule has 1 aromatic heterocycles. The predicted octanol–water partition coefficient (Wildman–Crippen LogP) is 3.63. The van der Waals surface area contributed by atoms with Crippen LogP contribution < -0.4 is 15.5 Å². The molecule has 28 heavy (non-hydrogen) atoms. The van der Waals surface area contributed by atoms with Gasteiger partial charge in [-0.25, -0.2) is 13.8 Å². The number of anilines is 2. The van der Waals surface area contributed by atoms with Crippen molar-refractivity contribution in [3.63, 3.8) is 0 Å². The Balaban J connectivity index is 1.52. The molecule has 0 aliphatic heterocycles. The lowest BCUT2D eigenvalue weighted by Gasteiger charge is -2.30. The van der Waals surface area contributed by atoms with Gasteiger partial charge in [0.2, 0.25) is 5.95 Å². The molecular formula is C19H22ClF2N5O. The van der Waals surface area contributed by atoms with Gasteiger partial charge in [0, 0.05) is 31.7 Å². The quantitative estimate of drug-likeness (QED) is 0.789. The van der Waals surface area contributed by atoms with E-state index in [4.69, 9.17) is 11.6 Å². The van der Waals surface area contributed by atoms with Crippen LogP contribution in [0.5, 0.6) is 0 Å². The number of amides is 1. The van der Waals surface area contributed by atoms with Crippen molar-refractivity contribution in [3.8, 4) is 0 Å². The second-order valence-corrected chi connectivity index (χ2v) is 7.46. The van der Waals surface area contributed by atoms with Crippen LogP contribution in [-0.2, 0) is 0 Å². The first-order valence-electron chi connectivity index (χ1n) is 9.06. The average Bonchev–Trinajstić information content (AvgIpc) is 2.66. The highest BCUT2D eigenvalue weighted by Gasteiger charge is 2.24. The van der Waals surface area contributed by atoms with Crippen LogP contribution in [0.15, 0.2) is 24.4 Å². The fourth-order valence-corrected chi connectivity index (χ4v) is 3.47. The summed E-state index contributed by atoms with van der Waals surface area (Å²) in [5, 5.41) is 6.68. The van der Waals surface area contributed by atoms with E-state index in [2.05, 4.69) is 20.6 Å². The van der Waals surface area contributed by atoms with Crippen LogP contribution in [0.1, 0.15) is 36.0 Å². The van der Waals surface area contributed by atoms with E-state index in [1.54, 1.807) is 6.20 Å². The molecule has 0 atom stereocenters. The second kappa shape index (κ2) is 8.68. The van der Waals surface area contributed by atoms with Crippen molar-refractivity contribution in [3.05, 3.63) is 46.6 Å². The molecule has 3 rings (SSSR count). The number of benzene rings is 1. The zero-order chi connectivity index (χ0) is 20.3. The van der Waals surface area contributed by atoms with Crippen LogP contribution in [-0.4, -0.2) is 42.1 Å². The number of carbonyl (C=O) groups excluding carboxylic acids is 1. The molecule has 1 aliphatic rings. The number of carbonyl (C=O) groups is 1. The van der Waals surface area contributed by atoms with Gasteiger partial charge in [0.25, 0.3) is 5.91 Å². The highest BCUT2D eigenvalue weighted by molar-refractivity contribution is 6.32. The molecule has 0 radical (unpaired) electrons. The van der Waals surface area contributed by atoms with Gasteiger partial charge in [-0.1, -0.05) is 11.6 Å². The molecule has 1 aromatic carbocycles. The van der Waals surface area contributed by atoms with Gasteiger partial charge in [0.1, 0.15) is 5.02 Å². The molecule has 9 heteroatoms. The minimum Gasteiger partial charge on any atom is -0.361 e. The number of hydrogen-bond acceptors (Lipinski definition) is 5. The Bertz CT molecular complexity index is 856. The van der Waals surface area contributed by atoms with Crippen LogP contribution in [0.2, 0.25) is 5.02 Å². The van der Waals surface area contributed by atoms with E-state index in [9.17, 15) is 13.6 Å². The summed E-state index contributed by atoms with van der Waals surface area (Å²) in [5.74, 6) is -1.23. The third-order valence-electron chi connectivity index (χ3n) is 4.73. The van der Waals surface area contributed by atoms with Gasteiger partial charge in [-0.2, -0.15) is 4.98 Å². The SMILES string of the molecule is CN(C)c1nc(NC2CCC(NC(=O)c3ccc(F)c(F)c3)CC2)ncc1Cl. The standard InChI is InChI=1S/C19H22ClF2N5O/c1-27(2)17-14(20)10-23-19(26-17)25-13-6-4-12(5-7-13)24-18(28)11-3-8-15(21)16(22)9-11/h3,8-10,12-13H,4-7H2,1-2H3,(H,24,28)(H,23,25,26). The molecule has 6 nitrogen and oxygen atoms in total. The Morgan fingerprint density at radius 3 is 2.46 bits per heavy atom. The van der Waals surface area contributed by atoms with E-state index in [0.29, 0.717) is 16.8 Å². The zero-order valence-corrected chi connectivity index (χ0v) is 16.4. The molecule has 0 saturated heterocycles. The third kappa shape index (κ3) is 4.86. The summed E-state index contributed by atoms with van der Waals surface area (Å²) < 4.78 is 26.3. The van der Waals surface area contributed by atoms with Crippen LogP contribution in [0.25, 0.3) is 0 Å². The van der Waals surface area contributed by atoms with E-state index in [1.807, 2.05) is 19.0 Å². The average molecular weight is 410 g/mol. The predicted molar refractivity (Wildman–Crippen MR) is 105 cm³/mol. The minimum atomic E-state index is -1.03. The molecule has 1 amide bonds. The normalized spacial score (nSPS) is 19.2. The highest BCUT2D eigenvalue weighted by Crippen LogP contribution is 2.25. The lowest BCUT2D eigenvalue weighted by atomic mass is 9.91. The smallest absolute Gasteiger partial charge is 0.251 e. The Morgan fingerprint density at radius 1 is 1.14 bits per heavy atom. The number of nitrogens with zero attached hydrogens (tertiary/aromatic N) is 3.